The summed E-state index contributed by atoms with van der Waals surface area (Å²) in [6.45, 7) is 5.42. The highest BCUT2D eigenvalue weighted by molar-refractivity contribution is 6.31. The van der Waals surface area contributed by atoms with E-state index in [1.165, 1.54) is 4.68 Å². The third-order valence-corrected chi connectivity index (χ3v) is 4.06. The molecule has 0 atom stereocenters. The maximum Gasteiger partial charge on any atom is 0.435 e. The number of nitrogens with zero attached hydrogens (tertiary/aromatic N) is 2. The van der Waals surface area contributed by atoms with Gasteiger partial charge in [-0.3, -0.25) is 0 Å². The number of benzene rings is 2. The van der Waals surface area contributed by atoms with E-state index < -0.39 is 11.7 Å². The van der Waals surface area contributed by atoms with Crippen LogP contribution < -0.4 is 5.73 Å². The molecular weight excluding hydrogens is 338 g/mol. The molecule has 0 aliphatic rings. The van der Waals surface area contributed by atoms with Crippen LogP contribution in [0, 0.1) is 0 Å². The average molecular weight is 358 g/mol. The number of hydrogen-bond donors (Lipinski definition) is 1. The highest BCUT2D eigenvalue weighted by Crippen LogP contribution is 2.25. The van der Waals surface area contributed by atoms with Crippen molar-refractivity contribution in [3.8, 4) is 0 Å². The first-order chi connectivity index (χ1) is 11.7. The number of hydrogen-bond acceptors (Lipinski definition) is 4. The first kappa shape index (κ1) is 17.3. The van der Waals surface area contributed by atoms with E-state index in [2.05, 4.69) is 5.10 Å². The van der Waals surface area contributed by atoms with Gasteiger partial charge in [-0.1, -0.05) is 35.9 Å². The molecule has 25 heavy (non-hydrogen) atoms. The van der Waals surface area contributed by atoms with Gasteiger partial charge in [-0.2, -0.15) is 4.68 Å². The van der Waals surface area contributed by atoms with Crippen LogP contribution in [0.1, 0.15) is 31.9 Å². The van der Waals surface area contributed by atoms with Gasteiger partial charge in [-0.15, -0.1) is 5.10 Å². The molecule has 0 unspecified atom stereocenters. The highest BCUT2D eigenvalue weighted by Gasteiger charge is 2.21. The van der Waals surface area contributed by atoms with Gasteiger partial charge in [0.25, 0.3) is 0 Å². The van der Waals surface area contributed by atoms with Crippen molar-refractivity contribution in [2.75, 3.05) is 5.73 Å². The lowest BCUT2D eigenvalue weighted by Gasteiger charge is -2.19. The predicted octanol–water partition coefficient (Wildman–Crippen LogP) is 4.65. The van der Waals surface area contributed by atoms with E-state index in [0.29, 0.717) is 28.2 Å². The van der Waals surface area contributed by atoms with Crippen LogP contribution in [0.15, 0.2) is 42.5 Å². The van der Waals surface area contributed by atoms with Crippen molar-refractivity contribution in [1.29, 1.82) is 0 Å². The summed E-state index contributed by atoms with van der Waals surface area (Å²) < 4.78 is 6.62. The lowest BCUT2D eigenvalue weighted by molar-refractivity contribution is 0.0523. The second-order valence-electron chi connectivity index (χ2n) is 6.90. The Bertz CT molecular complexity index is 941. The number of fused-ring (bicyclic) bond motifs is 1. The topological polar surface area (TPSA) is 70.1 Å². The third kappa shape index (κ3) is 3.77. The Balaban J connectivity index is 2.00. The van der Waals surface area contributed by atoms with E-state index in [9.17, 15) is 4.79 Å². The van der Waals surface area contributed by atoms with E-state index in [4.69, 9.17) is 22.1 Å². The normalized spacial score (nSPS) is 11.7. The Kier molecular flexibility index (Phi) is 4.43. The van der Waals surface area contributed by atoms with Crippen molar-refractivity contribution in [3.05, 3.63) is 58.6 Å². The summed E-state index contributed by atoms with van der Waals surface area (Å²) in [4.78, 5) is 12.4. The summed E-state index contributed by atoms with van der Waals surface area (Å²) in [5, 5.41) is 5.56. The van der Waals surface area contributed by atoms with Crippen LogP contribution in [0.3, 0.4) is 0 Å². The number of nitrogens with two attached hydrogens (primary N) is 1. The summed E-state index contributed by atoms with van der Waals surface area (Å²) in [5.41, 5.74) is 7.97. The molecular formula is C19H20ClN3O2. The molecule has 1 heterocycles. The van der Waals surface area contributed by atoms with Crippen LogP contribution in [0.25, 0.3) is 10.9 Å². The summed E-state index contributed by atoms with van der Waals surface area (Å²) in [6.07, 6.45) is 0.0961. The minimum absolute atomic E-state index is 0.296. The predicted molar refractivity (Wildman–Crippen MR) is 100 cm³/mol. The van der Waals surface area contributed by atoms with E-state index in [0.717, 1.165) is 11.1 Å². The average Bonchev–Trinajstić information content (AvgIpc) is 2.85. The van der Waals surface area contributed by atoms with Gasteiger partial charge in [0.05, 0.1) is 5.52 Å². The molecule has 0 spiro atoms. The molecule has 0 fully saturated rings. The third-order valence-electron chi connectivity index (χ3n) is 3.69. The van der Waals surface area contributed by atoms with Crippen LogP contribution in [0.4, 0.5) is 10.6 Å². The quantitative estimate of drug-likeness (QED) is 0.725. The summed E-state index contributed by atoms with van der Waals surface area (Å²) in [5.74, 6) is 0.296. The molecule has 1 aromatic heterocycles. The standard InChI is InChI=1S/C19H20ClN3O2/c1-19(2,3)25-18(24)23-16-11-12(8-9-14(16)17(21)22-23)10-13-6-4-5-7-15(13)20/h4-9,11H,10H2,1-3H3,(H2,21,22). The molecule has 0 aliphatic heterocycles. The van der Waals surface area contributed by atoms with Gasteiger partial charge >= 0.3 is 6.09 Å². The van der Waals surface area contributed by atoms with Crippen molar-refractivity contribution in [1.82, 2.24) is 9.78 Å². The van der Waals surface area contributed by atoms with E-state index >= 15 is 0 Å². The lowest BCUT2D eigenvalue weighted by atomic mass is 10.0. The number of anilines is 1. The van der Waals surface area contributed by atoms with Crippen molar-refractivity contribution in [2.45, 2.75) is 32.8 Å². The van der Waals surface area contributed by atoms with Crippen molar-refractivity contribution in [2.24, 2.45) is 0 Å². The first-order valence-electron chi connectivity index (χ1n) is 7.98. The number of aromatic nitrogens is 2. The Labute approximate surface area is 151 Å². The maximum atomic E-state index is 12.4. The van der Waals surface area contributed by atoms with E-state index in [-0.39, 0.29) is 0 Å². The Morgan fingerprint density at radius 2 is 1.96 bits per heavy atom. The molecule has 0 amide bonds. The lowest BCUT2D eigenvalue weighted by Crippen LogP contribution is -2.27. The highest BCUT2D eigenvalue weighted by atomic mass is 35.5. The van der Waals surface area contributed by atoms with E-state index in [1.54, 1.807) is 0 Å². The van der Waals surface area contributed by atoms with Crippen LogP contribution >= 0.6 is 11.6 Å². The minimum Gasteiger partial charge on any atom is -0.442 e. The molecule has 0 bridgehead atoms. The SMILES string of the molecule is CC(C)(C)OC(=O)n1nc(N)c2ccc(Cc3ccccc3Cl)cc21. The van der Waals surface area contributed by atoms with Gasteiger partial charge in [-0.05, 0) is 56.5 Å². The summed E-state index contributed by atoms with van der Waals surface area (Å²) >= 11 is 6.24. The van der Waals surface area contributed by atoms with Gasteiger partial charge in [-0.25, -0.2) is 4.79 Å². The van der Waals surface area contributed by atoms with Crippen LogP contribution in [0.5, 0.6) is 0 Å². The van der Waals surface area contributed by atoms with Gasteiger partial charge in [0.15, 0.2) is 5.82 Å². The van der Waals surface area contributed by atoms with Gasteiger partial charge < -0.3 is 10.5 Å². The number of rotatable bonds is 2. The van der Waals surface area contributed by atoms with Crippen molar-refractivity contribution in [3.63, 3.8) is 0 Å². The second kappa shape index (κ2) is 6.41. The second-order valence-corrected chi connectivity index (χ2v) is 7.30. The largest absolute Gasteiger partial charge is 0.442 e. The van der Waals surface area contributed by atoms with Crippen molar-refractivity contribution < 1.29 is 9.53 Å². The van der Waals surface area contributed by atoms with Crippen molar-refractivity contribution >= 4 is 34.4 Å². The Hall–Kier alpha value is -2.53. The zero-order valence-corrected chi connectivity index (χ0v) is 15.2. The Morgan fingerprint density at radius 1 is 1.24 bits per heavy atom. The van der Waals surface area contributed by atoms with E-state index in [1.807, 2.05) is 63.2 Å². The minimum atomic E-state index is -0.612. The number of nitrogen functional groups attached to an aromatic ring is 1. The fourth-order valence-corrected chi connectivity index (χ4v) is 2.80. The molecule has 6 heteroatoms. The molecule has 3 rings (SSSR count). The molecule has 2 aromatic carbocycles. The number of ether oxygens (including phenoxy) is 1. The monoisotopic (exact) mass is 357 g/mol. The zero-order chi connectivity index (χ0) is 18.2. The van der Waals surface area contributed by atoms with Gasteiger partial charge in [0, 0.05) is 10.4 Å². The fourth-order valence-electron chi connectivity index (χ4n) is 2.60. The zero-order valence-electron chi connectivity index (χ0n) is 14.4. The smallest absolute Gasteiger partial charge is 0.435 e. The Morgan fingerprint density at radius 3 is 2.64 bits per heavy atom. The van der Waals surface area contributed by atoms with Crippen LogP contribution in [-0.4, -0.2) is 21.5 Å². The number of carbonyl (C=O) groups is 1. The maximum absolute atomic E-state index is 12.4. The molecule has 3 aromatic rings. The number of carbonyl (C=O) groups excluding carboxylic acids is 1. The van der Waals surface area contributed by atoms with Gasteiger partial charge in [0.2, 0.25) is 0 Å². The molecule has 5 nitrogen and oxygen atoms in total. The van der Waals surface area contributed by atoms with Gasteiger partial charge in [0.1, 0.15) is 5.60 Å². The molecule has 130 valence electrons. The molecule has 2 N–H and O–H groups in total. The first-order valence-corrected chi connectivity index (χ1v) is 8.36. The molecule has 0 saturated carbocycles. The molecule has 0 saturated heterocycles. The molecule has 0 radical (unpaired) electrons. The summed E-state index contributed by atoms with van der Waals surface area (Å²) in [6, 6.07) is 13.4. The number of halogens is 1. The van der Waals surface area contributed by atoms with Crippen LogP contribution in [0.2, 0.25) is 5.02 Å². The summed E-state index contributed by atoms with van der Waals surface area (Å²) in [7, 11) is 0. The fraction of sp³-hybridized carbons (Fsp3) is 0.263. The molecule has 0 aliphatic carbocycles. The van der Waals surface area contributed by atoms with Crippen LogP contribution in [-0.2, 0) is 11.2 Å².